The van der Waals surface area contributed by atoms with E-state index < -0.39 is 23.8 Å². The first-order valence-electron chi connectivity index (χ1n) is 10.9. The van der Waals surface area contributed by atoms with Crippen LogP contribution in [0.25, 0.3) is 0 Å². The van der Waals surface area contributed by atoms with Crippen molar-refractivity contribution in [2.24, 2.45) is 5.73 Å². The van der Waals surface area contributed by atoms with Crippen molar-refractivity contribution in [3.05, 3.63) is 71.5 Å². The zero-order valence-corrected chi connectivity index (χ0v) is 17.7. The van der Waals surface area contributed by atoms with Gasteiger partial charge in [0.15, 0.2) is 6.17 Å². The molecule has 3 N–H and O–H groups in total. The van der Waals surface area contributed by atoms with Crippen molar-refractivity contribution in [1.82, 2.24) is 15.1 Å². The number of carbonyl (C=O) groups excluding carboxylic acids is 3. The molecule has 1 heterocycles. The lowest BCUT2D eigenvalue weighted by Crippen LogP contribution is -2.56. The summed E-state index contributed by atoms with van der Waals surface area (Å²) < 4.78 is 13.7. The molecule has 7 nitrogen and oxygen atoms in total. The second kappa shape index (κ2) is 9.48. The number of rotatable bonds is 4. The summed E-state index contributed by atoms with van der Waals surface area (Å²) in [6, 6.07) is 14.1. The van der Waals surface area contributed by atoms with Gasteiger partial charge >= 0.3 is 0 Å². The Hall–Kier alpha value is -3.26. The van der Waals surface area contributed by atoms with Crippen LogP contribution in [0, 0.1) is 5.82 Å². The topological polar surface area (TPSA) is 95.7 Å². The predicted molar refractivity (Wildman–Crippen MR) is 117 cm³/mol. The van der Waals surface area contributed by atoms with Gasteiger partial charge in [-0.05, 0) is 56.0 Å². The van der Waals surface area contributed by atoms with Gasteiger partial charge in [0.1, 0.15) is 5.82 Å². The van der Waals surface area contributed by atoms with Crippen molar-refractivity contribution < 1.29 is 18.8 Å². The lowest BCUT2D eigenvalue weighted by atomic mass is 9.92. The molecule has 2 fully saturated rings. The highest BCUT2D eigenvalue weighted by Gasteiger charge is 2.43. The monoisotopic (exact) mass is 438 g/mol. The van der Waals surface area contributed by atoms with Gasteiger partial charge in [0.2, 0.25) is 0 Å². The minimum Gasteiger partial charge on any atom is -0.350 e. The second-order valence-corrected chi connectivity index (χ2v) is 8.37. The first kappa shape index (κ1) is 22.0. The van der Waals surface area contributed by atoms with Gasteiger partial charge in [-0.3, -0.25) is 14.4 Å². The predicted octanol–water partition coefficient (Wildman–Crippen LogP) is 2.14. The van der Waals surface area contributed by atoms with Gasteiger partial charge in [-0.25, -0.2) is 4.39 Å². The Morgan fingerprint density at radius 1 is 0.844 bits per heavy atom. The minimum atomic E-state index is -1.10. The molecule has 2 aliphatic rings. The van der Waals surface area contributed by atoms with Crippen LogP contribution in [0.1, 0.15) is 46.4 Å². The number of nitrogens with two attached hydrogens (primary N) is 1. The zero-order chi connectivity index (χ0) is 22.7. The molecule has 2 aromatic rings. The maximum absolute atomic E-state index is 13.7. The molecule has 32 heavy (non-hydrogen) atoms. The van der Waals surface area contributed by atoms with E-state index in [-0.39, 0.29) is 36.6 Å². The van der Waals surface area contributed by atoms with E-state index in [2.05, 4.69) is 5.32 Å². The number of hydrogen-bond donors (Lipinski definition) is 2. The highest BCUT2D eigenvalue weighted by molar-refractivity contribution is 6.02. The van der Waals surface area contributed by atoms with Gasteiger partial charge in [-0.1, -0.05) is 24.3 Å². The van der Waals surface area contributed by atoms with Crippen LogP contribution in [0.2, 0.25) is 0 Å². The molecule has 1 saturated heterocycles. The average molecular weight is 439 g/mol. The van der Waals surface area contributed by atoms with E-state index >= 15 is 0 Å². The minimum absolute atomic E-state index is 0.0531. The Kier molecular flexibility index (Phi) is 6.50. The van der Waals surface area contributed by atoms with Crippen molar-refractivity contribution in [2.45, 2.75) is 43.9 Å². The number of hydrogen-bond acceptors (Lipinski definition) is 4. The molecule has 1 unspecified atom stereocenters. The summed E-state index contributed by atoms with van der Waals surface area (Å²) >= 11 is 0. The highest BCUT2D eigenvalue weighted by atomic mass is 19.1. The highest BCUT2D eigenvalue weighted by Crippen LogP contribution is 2.23. The lowest BCUT2D eigenvalue weighted by molar-refractivity contribution is -0.129. The lowest BCUT2D eigenvalue weighted by Gasteiger charge is -2.32. The largest absolute Gasteiger partial charge is 0.350 e. The smallest absolute Gasteiger partial charge is 0.264 e. The van der Waals surface area contributed by atoms with Crippen molar-refractivity contribution in [2.75, 3.05) is 13.1 Å². The number of carbonyl (C=O) groups is 3. The number of amides is 3. The van der Waals surface area contributed by atoms with E-state index in [4.69, 9.17) is 5.73 Å². The van der Waals surface area contributed by atoms with Crippen LogP contribution in [-0.4, -0.2) is 58.9 Å². The van der Waals surface area contributed by atoms with E-state index in [9.17, 15) is 18.8 Å². The molecular weight excluding hydrogens is 411 g/mol. The standard InChI is InChI=1S/C24H27FN4O3/c25-18-8-4-7-17(15-18)24(32)29-14-13-28(23(31)16-5-2-1-3-6-16)22(29)21(30)27-20-11-9-19(26)10-12-20/h1-8,15,19-20,22H,9-14,26H2,(H,27,30). The molecule has 0 spiro atoms. The van der Waals surface area contributed by atoms with Gasteiger partial charge in [-0.15, -0.1) is 0 Å². The van der Waals surface area contributed by atoms with Crippen molar-refractivity contribution in [3.8, 4) is 0 Å². The molecule has 1 saturated carbocycles. The van der Waals surface area contributed by atoms with Crippen LogP contribution >= 0.6 is 0 Å². The van der Waals surface area contributed by atoms with E-state index in [0.29, 0.717) is 5.56 Å². The fraction of sp³-hybridized carbons (Fsp3) is 0.375. The molecule has 0 radical (unpaired) electrons. The van der Waals surface area contributed by atoms with E-state index in [1.807, 2.05) is 0 Å². The summed E-state index contributed by atoms with van der Waals surface area (Å²) in [5, 5.41) is 3.01. The summed E-state index contributed by atoms with van der Waals surface area (Å²) in [7, 11) is 0. The molecule has 8 heteroatoms. The zero-order valence-electron chi connectivity index (χ0n) is 17.7. The molecule has 0 aromatic heterocycles. The fourth-order valence-electron chi connectivity index (χ4n) is 4.41. The molecule has 2 aromatic carbocycles. The molecule has 1 atom stereocenters. The second-order valence-electron chi connectivity index (χ2n) is 8.37. The Labute approximate surface area is 186 Å². The Balaban J connectivity index is 1.59. The summed E-state index contributed by atoms with van der Waals surface area (Å²) in [6.07, 6.45) is 2.03. The quantitative estimate of drug-likeness (QED) is 0.765. The third kappa shape index (κ3) is 4.65. The molecule has 168 valence electrons. The van der Waals surface area contributed by atoms with Crippen molar-refractivity contribution in [3.63, 3.8) is 0 Å². The van der Waals surface area contributed by atoms with Gasteiger partial charge in [0, 0.05) is 36.3 Å². The van der Waals surface area contributed by atoms with Crippen molar-refractivity contribution >= 4 is 17.7 Å². The third-order valence-electron chi connectivity index (χ3n) is 6.14. The van der Waals surface area contributed by atoms with Crippen LogP contribution < -0.4 is 11.1 Å². The Morgan fingerprint density at radius 2 is 1.44 bits per heavy atom. The molecular formula is C24H27FN4O3. The molecule has 1 aliphatic carbocycles. The number of halogens is 1. The third-order valence-corrected chi connectivity index (χ3v) is 6.14. The summed E-state index contributed by atoms with van der Waals surface area (Å²) in [5.74, 6) is -1.76. The number of nitrogens with zero attached hydrogens (tertiary/aromatic N) is 2. The van der Waals surface area contributed by atoms with Gasteiger partial charge < -0.3 is 20.9 Å². The summed E-state index contributed by atoms with van der Waals surface area (Å²) in [4.78, 5) is 42.5. The summed E-state index contributed by atoms with van der Waals surface area (Å²) in [5.41, 5.74) is 6.54. The molecule has 0 bridgehead atoms. The number of benzene rings is 2. The van der Waals surface area contributed by atoms with Crippen LogP contribution in [0.15, 0.2) is 54.6 Å². The fourth-order valence-corrected chi connectivity index (χ4v) is 4.41. The van der Waals surface area contributed by atoms with Gasteiger partial charge in [0.05, 0.1) is 0 Å². The average Bonchev–Trinajstić information content (AvgIpc) is 3.25. The SMILES string of the molecule is NC1CCC(NC(=O)C2N(C(=O)c3ccccc3)CCN2C(=O)c2cccc(F)c2)CC1. The first-order chi connectivity index (χ1) is 15.4. The van der Waals surface area contributed by atoms with E-state index in [1.165, 1.54) is 28.0 Å². The molecule has 3 amide bonds. The van der Waals surface area contributed by atoms with Crippen molar-refractivity contribution in [1.29, 1.82) is 0 Å². The van der Waals surface area contributed by atoms with Crippen LogP contribution in [0.4, 0.5) is 4.39 Å². The van der Waals surface area contributed by atoms with E-state index in [1.54, 1.807) is 30.3 Å². The van der Waals surface area contributed by atoms with E-state index in [0.717, 1.165) is 31.7 Å². The normalized spacial score (nSPS) is 23.1. The molecule has 1 aliphatic heterocycles. The summed E-state index contributed by atoms with van der Waals surface area (Å²) in [6.45, 7) is 0.393. The van der Waals surface area contributed by atoms with Gasteiger partial charge in [-0.2, -0.15) is 0 Å². The molecule has 4 rings (SSSR count). The van der Waals surface area contributed by atoms with Crippen LogP contribution in [0.5, 0.6) is 0 Å². The number of nitrogens with one attached hydrogen (secondary N) is 1. The Morgan fingerprint density at radius 3 is 2.06 bits per heavy atom. The maximum Gasteiger partial charge on any atom is 0.264 e. The van der Waals surface area contributed by atoms with Crippen LogP contribution in [0.3, 0.4) is 0 Å². The first-order valence-corrected chi connectivity index (χ1v) is 10.9. The Bertz CT molecular complexity index is 992. The van der Waals surface area contributed by atoms with Gasteiger partial charge in [0.25, 0.3) is 17.7 Å². The van der Waals surface area contributed by atoms with Crippen LogP contribution in [-0.2, 0) is 4.79 Å². The maximum atomic E-state index is 13.7.